The fourth-order valence-electron chi connectivity index (χ4n) is 4.40. The maximum atomic E-state index is 13.1. The third kappa shape index (κ3) is 2.42. The van der Waals surface area contributed by atoms with Crippen LogP contribution in [0, 0.1) is 11.8 Å². The fourth-order valence-corrected chi connectivity index (χ4v) is 4.40. The Labute approximate surface area is 153 Å². The molecule has 2 aliphatic rings. The van der Waals surface area contributed by atoms with Crippen LogP contribution in [0.2, 0.25) is 0 Å². The number of hydrogen-bond donors (Lipinski definition) is 0. The van der Waals surface area contributed by atoms with E-state index in [0.717, 1.165) is 5.56 Å². The van der Waals surface area contributed by atoms with Gasteiger partial charge in [-0.15, -0.1) is 6.58 Å². The molecule has 0 heterocycles. The van der Waals surface area contributed by atoms with Gasteiger partial charge in [-0.2, -0.15) is 0 Å². The van der Waals surface area contributed by atoms with Crippen molar-refractivity contribution in [1.82, 2.24) is 0 Å². The molecule has 2 aliphatic carbocycles. The topological polar surface area (TPSA) is 61.8 Å². The van der Waals surface area contributed by atoms with Crippen molar-refractivity contribution >= 4 is 11.6 Å². The molecule has 26 heavy (non-hydrogen) atoms. The first kappa shape index (κ1) is 18.4. The number of rotatable bonds is 6. The summed E-state index contributed by atoms with van der Waals surface area (Å²) in [4.78, 5) is 26.1. The summed E-state index contributed by atoms with van der Waals surface area (Å²) in [5.74, 6) is -0.332. The van der Waals surface area contributed by atoms with Crippen molar-refractivity contribution < 1.29 is 23.8 Å². The number of fused-ring (bicyclic) bond motifs is 2. The summed E-state index contributed by atoms with van der Waals surface area (Å²) in [6.45, 7) is 5.68. The summed E-state index contributed by atoms with van der Waals surface area (Å²) >= 11 is 0. The third-order valence-corrected chi connectivity index (χ3v) is 5.72. The Hall–Kier alpha value is -2.40. The van der Waals surface area contributed by atoms with Gasteiger partial charge < -0.3 is 14.2 Å². The molecule has 0 spiro atoms. The van der Waals surface area contributed by atoms with Crippen LogP contribution in [0.25, 0.3) is 0 Å². The molecule has 0 saturated heterocycles. The number of ether oxygens (including phenoxy) is 3. The highest BCUT2D eigenvalue weighted by Crippen LogP contribution is 2.54. The van der Waals surface area contributed by atoms with Gasteiger partial charge in [0.05, 0.1) is 20.1 Å². The van der Waals surface area contributed by atoms with E-state index in [-0.39, 0.29) is 23.4 Å². The molecule has 0 N–H and O–H groups in total. The molecule has 4 unspecified atom stereocenters. The molecule has 0 amide bonds. The summed E-state index contributed by atoms with van der Waals surface area (Å²) in [6.07, 6.45) is 3.82. The van der Waals surface area contributed by atoms with Gasteiger partial charge in [-0.1, -0.05) is 19.1 Å². The maximum absolute atomic E-state index is 13.1. The predicted molar refractivity (Wildman–Crippen MR) is 97.6 cm³/mol. The van der Waals surface area contributed by atoms with Crippen molar-refractivity contribution in [2.24, 2.45) is 11.8 Å². The first-order chi connectivity index (χ1) is 12.4. The number of methoxy groups -OCH3 is 3. The Morgan fingerprint density at radius 3 is 2.42 bits per heavy atom. The van der Waals surface area contributed by atoms with Gasteiger partial charge >= 0.3 is 0 Å². The van der Waals surface area contributed by atoms with Crippen LogP contribution in [0.3, 0.4) is 0 Å². The normalized spacial score (nSPS) is 30.2. The van der Waals surface area contributed by atoms with Gasteiger partial charge in [0.2, 0.25) is 0 Å². The van der Waals surface area contributed by atoms with Crippen LogP contribution in [-0.4, -0.2) is 38.5 Å². The molecule has 0 aromatic heterocycles. The molecule has 1 aromatic carbocycles. The fraction of sp³-hybridized carbons (Fsp3) is 0.429. The summed E-state index contributed by atoms with van der Waals surface area (Å²) < 4.78 is 16.4. The second kappa shape index (κ2) is 6.72. The van der Waals surface area contributed by atoms with Crippen molar-refractivity contribution in [1.29, 1.82) is 0 Å². The molecule has 4 atom stereocenters. The van der Waals surface area contributed by atoms with Crippen molar-refractivity contribution in [2.75, 3.05) is 21.3 Å². The highest BCUT2D eigenvalue weighted by Gasteiger charge is 2.63. The average molecular weight is 356 g/mol. The number of hydrogen-bond acceptors (Lipinski definition) is 5. The quantitative estimate of drug-likeness (QED) is 0.579. The molecular weight excluding hydrogens is 332 g/mol. The van der Waals surface area contributed by atoms with Crippen LogP contribution in [0.15, 0.2) is 42.5 Å². The standard InChI is InChI=1S/C21H24O5/c1-6-7-14-11-21(26-5)12(2)17(18(19(14)22)20(21)23)13-8-9-15(24-3)16(10-13)25-4/h6,8-12,17-18H,1,7H2,2-5H3. The van der Waals surface area contributed by atoms with Crippen LogP contribution in [0.4, 0.5) is 0 Å². The molecule has 5 heteroatoms. The van der Waals surface area contributed by atoms with Gasteiger partial charge in [-0.25, -0.2) is 0 Å². The molecule has 5 nitrogen and oxygen atoms in total. The van der Waals surface area contributed by atoms with E-state index in [0.29, 0.717) is 23.5 Å². The van der Waals surface area contributed by atoms with Crippen LogP contribution in [0.1, 0.15) is 24.8 Å². The third-order valence-electron chi connectivity index (χ3n) is 5.72. The van der Waals surface area contributed by atoms with Crippen molar-refractivity contribution in [3.05, 3.63) is 48.1 Å². The Morgan fingerprint density at radius 1 is 1.15 bits per heavy atom. The maximum Gasteiger partial charge on any atom is 0.180 e. The molecule has 138 valence electrons. The zero-order valence-electron chi connectivity index (χ0n) is 15.6. The van der Waals surface area contributed by atoms with Crippen LogP contribution < -0.4 is 9.47 Å². The zero-order chi connectivity index (χ0) is 19.1. The SMILES string of the molecule is C=CCC1=CC2(OC)C(=O)C(C1=O)C(c1ccc(OC)c(OC)c1)C2C. The van der Waals surface area contributed by atoms with E-state index in [4.69, 9.17) is 14.2 Å². The van der Waals surface area contributed by atoms with Gasteiger partial charge in [-0.05, 0) is 35.8 Å². The van der Waals surface area contributed by atoms with Gasteiger partial charge in [0, 0.05) is 18.9 Å². The van der Waals surface area contributed by atoms with Crippen molar-refractivity contribution in [3.63, 3.8) is 0 Å². The minimum Gasteiger partial charge on any atom is -0.493 e. The number of allylic oxidation sites excluding steroid dienone is 2. The van der Waals surface area contributed by atoms with Gasteiger partial charge in [0.15, 0.2) is 23.1 Å². The van der Waals surface area contributed by atoms with E-state index in [9.17, 15) is 9.59 Å². The van der Waals surface area contributed by atoms with Crippen LogP contribution >= 0.6 is 0 Å². The summed E-state index contributed by atoms with van der Waals surface area (Å²) in [5, 5.41) is 0. The average Bonchev–Trinajstić information content (AvgIpc) is 2.81. The van der Waals surface area contributed by atoms with E-state index in [2.05, 4.69) is 6.58 Å². The molecule has 2 bridgehead atoms. The predicted octanol–water partition coefficient (Wildman–Crippen LogP) is 3.09. The molecule has 1 fully saturated rings. The Bertz CT molecular complexity index is 794. The zero-order valence-corrected chi connectivity index (χ0v) is 15.6. The van der Waals surface area contributed by atoms with E-state index in [1.807, 2.05) is 19.1 Å². The second-order valence-electron chi connectivity index (χ2n) is 6.79. The summed E-state index contributed by atoms with van der Waals surface area (Å²) in [6, 6.07) is 5.54. The lowest BCUT2D eigenvalue weighted by Gasteiger charge is -2.30. The number of ketones is 2. The first-order valence-corrected chi connectivity index (χ1v) is 8.63. The van der Waals surface area contributed by atoms with Crippen molar-refractivity contribution in [2.45, 2.75) is 24.9 Å². The van der Waals surface area contributed by atoms with Crippen LogP contribution in [-0.2, 0) is 14.3 Å². The Morgan fingerprint density at radius 2 is 1.85 bits per heavy atom. The van der Waals surface area contributed by atoms with E-state index in [1.54, 1.807) is 32.4 Å². The molecule has 3 rings (SSSR count). The van der Waals surface area contributed by atoms with E-state index < -0.39 is 11.5 Å². The number of Topliss-reactive ketones (excluding diaryl/α,β-unsaturated/α-hetero) is 2. The summed E-state index contributed by atoms with van der Waals surface area (Å²) in [5.41, 5.74) is 0.393. The Kier molecular flexibility index (Phi) is 4.76. The number of carbonyl (C=O) groups is 2. The second-order valence-corrected chi connectivity index (χ2v) is 6.79. The smallest absolute Gasteiger partial charge is 0.180 e. The largest absolute Gasteiger partial charge is 0.493 e. The van der Waals surface area contributed by atoms with Gasteiger partial charge in [0.25, 0.3) is 0 Å². The highest BCUT2D eigenvalue weighted by atomic mass is 16.5. The summed E-state index contributed by atoms with van der Waals surface area (Å²) in [7, 11) is 4.66. The Balaban J connectivity index is 2.13. The lowest BCUT2D eigenvalue weighted by atomic mass is 9.80. The van der Waals surface area contributed by atoms with E-state index in [1.165, 1.54) is 7.11 Å². The van der Waals surface area contributed by atoms with Gasteiger partial charge in [0.1, 0.15) is 5.60 Å². The van der Waals surface area contributed by atoms with Crippen LogP contribution in [0.5, 0.6) is 11.5 Å². The lowest BCUT2D eigenvalue weighted by Crippen LogP contribution is -2.45. The monoisotopic (exact) mass is 356 g/mol. The molecule has 1 aromatic rings. The van der Waals surface area contributed by atoms with Crippen molar-refractivity contribution in [3.8, 4) is 11.5 Å². The highest BCUT2D eigenvalue weighted by molar-refractivity contribution is 6.19. The van der Waals surface area contributed by atoms with E-state index >= 15 is 0 Å². The minimum absolute atomic E-state index is 0.133. The molecule has 0 aliphatic heterocycles. The molecular formula is C21H24O5. The van der Waals surface area contributed by atoms with Gasteiger partial charge in [-0.3, -0.25) is 9.59 Å². The number of carbonyl (C=O) groups excluding carboxylic acids is 2. The molecule has 1 saturated carbocycles. The lowest BCUT2D eigenvalue weighted by molar-refractivity contribution is -0.141. The first-order valence-electron chi connectivity index (χ1n) is 8.63. The molecule has 0 radical (unpaired) electrons. The number of benzene rings is 1. The minimum atomic E-state index is -1.07.